The van der Waals surface area contributed by atoms with Gasteiger partial charge in [-0.15, -0.1) is 0 Å². The molecular weight excluding hydrogens is 366 g/mol. The fourth-order valence-corrected chi connectivity index (χ4v) is 3.62. The van der Waals surface area contributed by atoms with Gasteiger partial charge in [0.15, 0.2) is 5.82 Å². The predicted octanol–water partition coefficient (Wildman–Crippen LogP) is 3.50. The average molecular weight is 393 g/mol. The van der Waals surface area contributed by atoms with Crippen molar-refractivity contribution in [2.24, 2.45) is 0 Å². The molecule has 0 atom stereocenters. The van der Waals surface area contributed by atoms with Crippen LogP contribution in [0.15, 0.2) is 47.4 Å². The summed E-state index contributed by atoms with van der Waals surface area (Å²) in [5.74, 6) is 0.854. The van der Waals surface area contributed by atoms with Crippen LogP contribution in [0.25, 0.3) is 16.8 Å². The fraction of sp³-hybridized carbons (Fsp3) is 0.391. The quantitative estimate of drug-likeness (QED) is 0.682. The molecule has 3 aromatic rings. The Morgan fingerprint density at radius 3 is 2.34 bits per heavy atom. The zero-order valence-corrected chi connectivity index (χ0v) is 17.4. The van der Waals surface area contributed by atoms with Crippen LogP contribution in [0.3, 0.4) is 0 Å². The molecule has 1 fully saturated rings. The number of anilines is 1. The Morgan fingerprint density at radius 1 is 1.03 bits per heavy atom. The van der Waals surface area contributed by atoms with Crippen LogP contribution >= 0.6 is 0 Å². The third-order valence-corrected chi connectivity index (χ3v) is 5.37. The number of methoxy groups -OCH3 is 1. The molecule has 0 amide bonds. The predicted molar refractivity (Wildman–Crippen MR) is 115 cm³/mol. The normalized spacial score (nSPS) is 15.0. The summed E-state index contributed by atoms with van der Waals surface area (Å²) in [6.45, 7) is 9.22. The van der Waals surface area contributed by atoms with Gasteiger partial charge < -0.3 is 14.4 Å². The van der Waals surface area contributed by atoms with Crippen LogP contribution in [0.2, 0.25) is 0 Å². The van der Waals surface area contributed by atoms with Crippen LogP contribution in [0.5, 0.6) is 5.75 Å². The highest BCUT2D eigenvalue weighted by Gasteiger charge is 2.21. The molecule has 0 radical (unpaired) electrons. The monoisotopic (exact) mass is 393 g/mol. The van der Waals surface area contributed by atoms with Crippen molar-refractivity contribution in [3.05, 3.63) is 58.5 Å². The lowest BCUT2D eigenvalue weighted by molar-refractivity contribution is 0.122. The van der Waals surface area contributed by atoms with E-state index in [1.807, 2.05) is 12.1 Å². The highest BCUT2D eigenvalue weighted by atomic mass is 16.5. The van der Waals surface area contributed by atoms with Gasteiger partial charge in [-0.1, -0.05) is 45.0 Å². The van der Waals surface area contributed by atoms with E-state index in [-0.39, 0.29) is 16.7 Å². The van der Waals surface area contributed by atoms with Crippen molar-refractivity contribution in [2.75, 3.05) is 38.3 Å². The number of pyridine rings is 1. The molecule has 2 aromatic heterocycles. The molecule has 0 saturated carbocycles. The summed E-state index contributed by atoms with van der Waals surface area (Å²) in [5, 5.41) is 0. The number of ether oxygens (including phenoxy) is 2. The summed E-state index contributed by atoms with van der Waals surface area (Å²) in [5.41, 5.74) is 3.92. The zero-order valence-electron chi connectivity index (χ0n) is 17.4. The molecule has 6 heteroatoms. The molecular formula is C23H27N3O3. The second-order valence-electron chi connectivity index (χ2n) is 8.34. The van der Waals surface area contributed by atoms with Gasteiger partial charge in [0.05, 0.1) is 20.3 Å². The fourth-order valence-electron chi connectivity index (χ4n) is 3.62. The van der Waals surface area contributed by atoms with Crippen LogP contribution in [-0.4, -0.2) is 42.8 Å². The maximum Gasteiger partial charge on any atom is 0.302 e. The molecule has 0 spiro atoms. The first-order valence-electron chi connectivity index (χ1n) is 9.92. The van der Waals surface area contributed by atoms with Crippen molar-refractivity contribution >= 4 is 11.5 Å². The van der Waals surface area contributed by atoms with E-state index in [0.717, 1.165) is 11.1 Å². The maximum atomic E-state index is 13.0. The number of hydrogen-bond acceptors (Lipinski definition) is 5. The number of benzene rings is 1. The van der Waals surface area contributed by atoms with Crippen LogP contribution in [0.4, 0.5) is 5.82 Å². The molecule has 0 aliphatic carbocycles. The van der Waals surface area contributed by atoms with Gasteiger partial charge in [-0.2, -0.15) is 0 Å². The Morgan fingerprint density at radius 2 is 1.72 bits per heavy atom. The SMILES string of the molecule is COc1c(N2CCOCC2)nc2cc(-c3ccc(C(C)(C)C)cc3)ccn2c1=O. The molecule has 152 valence electrons. The van der Waals surface area contributed by atoms with Gasteiger partial charge in [-0.05, 0) is 34.2 Å². The number of morpholine rings is 1. The largest absolute Gasteiger partial charge is 0.488 e. The number of fused-ring (bicyclic) bond motifs is 1. The van der Waals surface area contributed by atoms with Gasteiger partial charge in [-0.3, -0.25) is 9.20 Å². The Hall–Kier alpha value is -2.86. The minimum absolute atomic E-state index is 0.112. The van der Waals surface area contributed by atoms with Gasteiger partial charge in [0, 0.05) is 19.3 Å². The van der Waals surface area contributed by atoms with E-state index in [2.05, 4.69) is 49.9 Å². The Balaban J connectivity index is 1.79. The summed E-state index contributed by atoms with van der Waals surface area (Å²) in [6.07, 6.45) is 1.77. The summed E-state index contributed by atoms with van der Waals surface area (Å²) >= 11 is 0. The van der Waals surface area contributed by atoms with E-state index in [0.29, 0.717) is 37.8 Å². The second-order valence-corrected chi connectivity index (χ2v) is 8.34. The topological polar surface area (TPSA) is 56.1 Å². The Bertz CT molecular complexity index is 1080. The van der Waals surface area contributed by atoms with E-state index in [9.17, 15) is 4.79 Å². The molecule has 29 heavy (non-hydrogen) atoms. The Labute approximate surface area is 170 Å². The summed E-state index contributed by atoms with van der Waals surface area (Å²) in [6, 6.07) is 12.5. The highest BCUT2D eigenvalue weighted by Crippen LogP contribution is 2.28. The highest BCUT2D eigenvalue weighted by molar-refractivity contribution is 5.69. The minimum atomic E-state index is -0.200. The van der Waals surface area contributed by atoms with E-state index in [1.165, 1.54) is 17.1 Å². The molecule has 0 bridgehead atoms. The number of aromatic nitrogens is 2. The van der Waals surface area contributed by atoms with Crippen LogP contribution in [0, 0.1) is 0 Å². The van der Waals surface area contributed by atoms with Gasteiger partial charge >= 0.3 is 5.56 Å². The van der Waals surface area contributed by atoms with Crippen molar-refractivity contribution in [1.82, 2.24) is 9.38 Å². The van der Waals surface area contributed by atoms with Gasteiger partial charge in [0.1, 0.15) is 5.65 Å². The zero-order chi connectivity index (χ0) is 20.6. The van der Waals surface area contributed by atoms with Crippen LogP contribution in [-0.2, 0) is 10.2 Å². The van der Waals surface area contributed by atoms with Crippen molar-refractivity contribution in [1.29, 1.82) is 0 Å². The lowest BCUT2D eigenvalue weighted by Crippen LogP contribution is -2.38. The van der Waals surface area contributed by atoms with Gasteiger partial charge in [0.25, 0.3) is 0 Å². The molecule has 4 rings (SSSR count). The number of hydrogen-bond donors (Lipinski definition) is 0. The summed E-state index contributed by atoms with van der Waals surface area (Å²) < 4.78 is 12.4. The molecule has 1 aromatic carbocycles. The van der Waals surface area contributed by atoms with E-state index >= 15 is 0 Å². The van der Waals surface area contributed by atoms with Crippen LogP contribution < -0.4 is 15.2 Å². The van der Waals surface area contributed by atoms with Crippen molar-refractivity contribution < 1.29 is 9.47 Å². The van der Waals surface area contributed by atoms with Gasteiger partial charge in [-0.25, -0.2) is 4.98 Å². The molecule has 0 N–H and O–H groups in total. The van der Waals surface area contributed by atoms with Crippen molar-refractivity contribution in [2.45, 2.75) is 26.2 Å². The standard InChI is InChI=1S/C23H27N3O3/c1-23(2,3)18-7-5-16(6-8-18)17-9-10-26-19(15-17)24-21(20(28-4)22(26)27)25-11-13-29-14-12-25/h5-10,15H,11-14H2,1-4H3. The molecule has 1 saturated heterocycles. The molecule has 0 unspecified atom stereocenters. The van der Waals surface area contributed by atoms with Gasteiger partial charge in [0.2, 0.25) is 5.75 Å². The molecule has 1 aliphatic heterocycles. The first-order valence-corrected chi connectivity index (χ1v) is 9.92. The van der Waals surface area contributed by atoms with E-state index < -0.39 is 0 Å². The lowest BCUT2D eigenvalue weighted by Gasteiger charge is -2.28. The first-order chi connectivity index (χ1) is 13.9. The number of rotatable bonds is 3. The Kier molecular flexibility index (Phi) is 5.04. The third kappa shape index (κ3) is 3.72. The van der Waals surface area contributed by atoms with E-state index in [4.69, 9.17) is 14.5 Å². The molecule has 3 heterocycles. The van der Waals surface area contributed by atoms with Crippen molar-refractivity contribution in [3.8, 4) is 16.9 Å². The second kappa shape index (κ2) is 7.52. The summed E-state index contributed by atoms with van der Waals surface area (Å²) in [4.78, 5) is 19.8. The third-order valence-electron chi connectivity index (χ3n) is 5.37. The average Bonchev–Trinajstić information content (AvgIpc) is 2.73. The smallest absolute Gasteiger partial charge is 0.302 e. The minimum Gasteiger partial charge on any atom is -0.488 e. The lowest BCUT2D eigenvalue weighted by atomic mass is 9.86. The van der Waals surface area contributed by atoms with Crippen LogP contribution in [0.1, 0.15) is 26.3 Å². The van der Waals surface area contributed by atoms with E-state index in [1.54, 1.807) is 6.20 Å². The van der Waals surface area contributed by atoms with Crippen molar-refractivity contribution in [3.63, 3.8) is 0 Å². The maximum absolute atomic E-state index is 13.0. The summed E-state index contributed by atoms with van der Waals surface area (Å²) in [7, 11) is 1.51. The number of nitrogens with zero attached hydrogens (tertiary/aromatic N) is 3. The molecule has 1 aliphatic rings. The molecule has 6 nitrogen and oxygen atoms in total. The first kappa shape index (κ1) is 19.5.